The molecule has 210 valence electrons. The van der Waals surface area contributed by atoms with Crippen LogP contribution in [-0.4, -0.2) is 39.7 Å². The Balaban J connectivity index is -0.00000320. The van der Waals surface area contributed by atoms with Gasteiger partial charge in [-0.25, -0.2) is 13.4 Å². The molecule has 0 saturated heterocycles. The number of aromatic nitrogens is 1. The summed E-state index contributed by atoms with van der Waals surface area (Å²) in [5.74, 6) is -1.24. The Morgan fingerprint density at radius 1 is 1.09 bits per heavy atom. The van der Waals surface area contributed by atoms with Crippen molar-refractivity contribution < 1.29 is 179 Å². The number of phosphoric ester groups is 1. The Bertz CT molecular complexity index is 1780. The number of benzene rings is 2. The topological polar surface area (TPSA) is 312 Å². The number of nitrogens with zero attached hydrogens (tertiary/aromatic N) is 4. The fraction of sp³-hybridized carbons (Fsp3) is 0.111. The normalized spacial score (nSPS) is 11.0. The number of aldehydes is 1. The molecule has 0 aliphatic rings. The van der Waals surface area contributed by atoms with Crippen molar-refractivity contribution in [2.45, 2.75) is 23.3 Å². The van der Waals surface area contributed by atoms with E-state index in [1.807, 2.05) is 0 Å². The number of hydrogen-bond acceptors (Lipinski definition) is 18. The monoisotopic (exact) mass is 695 g/mol. The molecule has 0 aliphatic heterocycles. The van der Waals surface area contributed by atoms with E-state index < -0.39 is 94.8 Å². The number of carbonyl (C=O) groups excluding carboxylic acids is 1. The van der Waals surface area contributed by atoms with E-state index in [1.54, 1.807) is 0 Å². The molecule has 3 rings (SSSR count). The third-order valence-electron chi connectivity index (χ3n) is 4.83. The molecule has 0 bridgehead atoms. The summed E-state index contributed by atoms with van der Waals surface area (Å²) in [6.07, 6.45) is 0.0925. The molecular formula is C18H12N4Na4O14PS2-. The molecule has 0 radical (unpaired) electrons. The van der Waals surface area contributed by atoms with Crippen LogP contribution in [0.25, 0.3) is 10.8 Å². The van der Waals surface area contributed by atoms with Crippen molar-refractivity contribution in [2.75, 3.05) is 0 Å². The largest absolute Gasteiger partial charge is 1.00 e. The van der Waals surface area contributed by atoms with Crippen molar-refractivity contribution >= 4 is 62.9 Å². The van der Waals surface area contributed by atoms with Crippen LogP contribution >= 0.6 is 7.82 Å². The molecule has 43 heavy (non-hydrogen) atoms. The average molecular weight is 695 g/mol. The van der Waals surface area contributed by atoms with Gasteiger partial charge in [0.2, 0.25) is 0 Å². The molecule has 0 unspecified atom stereocenters. The van der Waals surface area contributed by atoms with E-state index in [0.29, 0.717) is 6.07 Å². The molecule has 0 aliphatic carbocycles. The Morgan fingerprint density at radius 2 is 1.67 bits per heavy atom. The van der Waals surface area contributed by atoms with Gasteiger partial charge in [0.1, 0.15) is 15.9 Å². The molecule has 0 fully saturated rings. The maximum atomic E-state index is 11.8. The summed E-state index contributed by atoms with van der Waals surface area (Å²) in [6, 6.07) is 2.85. The smallest absolute Gasteiger partial charge is 0.870 e. The summed E-state index contributed by atoms with van der Waals surface area (Å²) >= 11 is 0. The number of nitro groups is 1. The van der Waals surface area contributed by atoms with Gasteiger partial charge in [-0.2, -0.15) is 0 Å². The van der Waals surface area contributed by atoms with Gasteiger partial charge < -0.3 is 42.4 Å². The maximum Gasteiger partial charge on any atom is 1.00 e. The van der Waals surface area contributed by atoms with E-state index in [1.165, 1.54) is 6.92 Å². The van der Waals surface area contributed by atoms with E-state index in [4.69, 9.17) is 0 Å². The minimum Gasteiger partial charge on any atom is -0.870 e. The number of carbonyl (C=O) groups is 1. The van der Waals surface area contributed by atoms with E-state index >= 15 is 0 Å². The van der Waals surface area contributed by atoms with Crippen molar-refractivity contribution in [1.29, 1.82) is 0 Å². The summed E-state index contributed by atoms with van der Waals surface area (Å²) in [5.41, 5.74) is -2.54. The van der Waals surface area contributed by atoms with Crippen LogP contribution in [-0.2, 0) is 44.9 Å². The molecule has 3 aromatic rings. The van der Waals surface area contributed by atoms with Crippen molar-refractivity contribution in [3.05, 3.63) is 51.2 Å². The molecule has 18 nitrogen and oxygen atoms in total. The van der Waals surface area contributed by atoms with E-state index in [0.717, 1.165) is 18.2 Å². The first kappa shape index (κ1) is 47.7. The molecule has 0 saturated carbocycles. The van der Waals surface area contributed by atoms with Crippen LogP contribution in [0.1, 0.15) is 21.6 Å². The second kappa shape index (κ2) is 19.2. The number of non-ortho nitro benzene ring substituents is 1. The molecule has 25 heteroatoms. The second-order valence-electron chi connectivity index (χ2n) is 7.23. The minimum atomic E-state index is -5.56. The number of aromatic hydroxyl groups is 1. The van der Waals surface area contributed by atoms with Gasteiger partial charge in [0.05, 0.1) is 41.2 Å². The molecular weight excluding hydrogens is 683 g/mol. The quantitative estimate of drug-likeness (QED) is 0.0317. The van der Waals surface area contributed by atoms with Crippen LogP contribution in [0.15, 0.2) is 44.3 Å². The zero-order valence-electron chi connectivity index (χ0n) is 22.9. The predicted molar refractivity (Wildman–Crippen MR) is 120 cm³/mol. The fourth-order valence-corrected chi connectivity index (χ4v) is 4.77. The van der Waals surface area contributed by atoms with Gasteiger partial charge in [0.25, 0.3) is 5.69 Å². The summed E-state index contributed by atoms with van der Waals surface area (Å²) < 4.78 is 74.1. The first-order chi connectivity index (χ1) is 17.5. The van der Waals surface area contributed by atoms with Gasteiger partial charge >= 0.3 is 118 Å². The number of pyridine rings is 1. The van der Waals surface area contributed by atoms with Gasteiger partial charge in [-0.05, 0) is 35.1 Å². The van der Waals surface area contributed by atoms with Gasteiger partial charge in [-0.15, -0.1) is 10.2 Å². The van der Waals surface area contributed by atoms with Crippen LogP contribution in [0.2, 0.25) is 0 Å². The number of aryl methyl sites for hydroxylation is 1. The third-order valence-corrected chi connectivity index (χ3v) is 6.85. The van der Waals surface area contributed by atoms with Gasteiger partial charge in [-0.1, -0.05) is 4.90 Å². The predicted octanol–water partition coefficient (Wildman–Crippen LogP) is -10.9. The van der Waals surface area contributed by atoms with Crippen LogP contribution in [0.4, 0.5) is 17.2 Å². The Kier molecular flexibility index (Phi) is 21.2. The van der Waals surface area contributed by atoms with Crippen molar-refractivity contribution in [3.63, 3.8) is 0 Å². The summed E-state index contributed by atoms with van der Waals surface area (Å²) in [4.78, 5) is 45.4. The Hall–Kier alpha value is 0.250. The average Bonchev–Trinajstić information content (AvgIpc) is 2.80. The first-order valence-electron chi connectivity index (χ1n) is 9.60. The molecule has 0 atom stereocenters. The summed E-state index contributed by atoms with van der Waals surface area (Å²) in [7, 11) is -14.1. The van der Waals surface area contributed by atoms with Gasteiger partial charge in [0.15, 0.2) is 12.1 Å². The summed E-state index contributed by atoms with van der Waals surface area (Å²) in [6.45, 7) is 0.133. The van der Waals surface area contributed by atoms with Crippen molar-refractivity contribution in [3.8, 4) is 5.75 Å². The molecule has 2 N–H and O–H groups in total. The summed E-state index contributed by atoms with van der Waals surface area (Å²) in [5, 5.41) is 27.5. The molecule has 0 spiro atoms. The molecule has 2 aromatic carbocycles. The van der Waals surface area contributed by atoms with Gasteiger partial charge in [0, 0.05) is 23.1 Å². The van der Waals surface area contributed by atoms with Gasteiger partial charge in [-0.3, -0.25) is 14.9 Å². The Labute approximate surface area is 332 Å². The number of nitro benzene ring substituents is 1. The maximum absolute atomic E-state index is 11.8. The minimum absolute atomic E-state index is 0. The first-order valence-corrected chi connectivity index (χ1v) is 13.5. The van der Waals surface area contributed by atoms with Crippen molar-refractivity contribution in [1.82, 2.24) is 4.98 Å². The number of rotatable bonds is 9. The zero-order valence-corrected chi connectivity index (χ0v) is 33.5. The second-order valence-corrected chi connectivity index (χ2v) is 10.6. The van der Waals surface area contributed by atoms with Crippen LogP contribution in [0, 0.1) is 17.0 Å². The number of phosphoric acid groups is 1. The SMILES string of the molecule is Cc1nc(N=Nc2cc([S-](=O)=O)c3cc([N+](=O)[O-])cc(S(=O)(=O)[O-])c3c2)c(COP(=O)([O-])[O-])c(C=O)c1O.[Na+].[Na+].[Na+].[Na+].[OH-]. The van der Waals surface area contributed by atoms with Crippen LogP contribution in [0.3, 0.4) is 0 Å². The fourth-order valence-electron chi connectivity index (χ4n) is 3.21. The Morgan fingerprint density at radius 3 is 2.14 bits per heavy atom. The number of hydrogen-bond donors (Lipinski definition) is 1. The van der Waals surface area contributed by atoms with Crippen molar-refractivity contribution in [2.24, 2.45) is 10.2 Å². The number of fused-ring (bicyclic) bond motifs is 1. The number of azo groups is 1. The van der Waals surface area contributed by atoms with Crippen LogP contribution in [0.5, 0.6) is 5.75 Å². The molecule has 0 amide bonds. The molecule has 1 heterocycles. The third kappa shape index (κ3) is 12.1. The zero-order chi connectivity index (χ0) is 28.6. The standard InChI is InChI=1S/C18H14N4O13PS2.4Na.H2O/c1-8-17(24)13(6-23)14(7-35-36(27,28)29)18(19-8)21-20-9-2-12-11(15(3-9)37(30)31)4-10(22(25)26)5-16(12)38(32,33)34;;;;;/h2-6,24H,7H2,1H3,(H2,27,28,29)(H,32,33,34);;;;;1H2/q-1;4*+1;/p-4. The van der Waals surface area contributed by atoms with Crippen LogP contribution < -0.4 is 128 Å². The van der Waals surface area contributed by atoms with E-state index in [2.05, 4.69) is 19.7 Å². The molecule has 1 aromatic heterocycles. The van der Waals surface area contributed by atoms with E-state index in [-0.39, 0.29) is 136 Å². The van der Waals surface area contributed by atoms with E-state index in [9.17, 15) is 55.8 Å².